The normalized spacial score (nSPS) is 12.8. The average Bonchev–Trinajstić information content (AvgIpc) is 1.68. The second-order valence-electron chi connectivity index (χ2n) is 1.48. The molecule has 2 N–H and O–H groups in total. The molecule has 0 aliphatic rings. The molecule has 1 unspecified atom stereocenters. The van der Waals surface area contributed by atoms with Gasteiger partial charge < -0.3 is 5.32 Å². The molecular formula is C4H9NO3. The SMILES string of the molecule is CC(COO)NC=O. The van der Waals surface area contributed by atoms with Crippen LogP contribution in [0.15, 0.2) is 0 Å². The summed E-state index contributed by atoms with van der Waals surface area (Å²) in [5.74, 6) is 0. The van der Waals surface area contributed by atoms with E-state index in [1.807, 2.05) is 0 Å². The summed E-state index contributed by atoms with van der Waals surface area (Å²) < 4.78 is 0. The van der Waals surface area contributed by atoms with Crippen molar-refractivity contribution in [2.45, 2.75) is 13.0 Å². The number of hydrogen-bond donors (Lipinski definition) is 2. The summed E-state index contributed by atoms with van der Waals surface area (Å²) in [6.45, 7) is 1.84. The van der Waals surface area contributed by atoms with E-state index < -0.39 is 0 Å². The monoisotopic (exact) mass is 119 g/mol. The Hall–Kier alpha value is -0.610. The zero-order chi connectivity index (χ0) is 6.41. The maximum absolute atomic E-state index is 9.64. The molecule has 0 bridgehead atoms. The molecule has 8 heavy (non-hydrogen) atoms. The van der Waals surface area contributed by atoms with Crippen LogP contribution < -0.4 is 5.32 Å². The van der Waals surface area contributed by atoms with Gasteiger partial charge in [0, 0.05) is 0 Å². The van der Waals surface area contributed by atoms with Crippen molar-refractivity contribution >= 4 is 6.41 Å². The third kappa shape index (κ3) is 3.58. The number of carbonyl (C=O) groups excluding carboxylic acids is 1. The van der Waals surface area contributed by atoms with Crippen molar-refractivity contribution < 1.29 is 14.9 Å². The van der Waals surface area contributed by atoms with Crippen LogP contribution in [0.4, 0.5) is 0 Å². The van der Waals surface area contributed by atoms with E-state index in [0.29, 0.717) is 6.41 Å². The number of rotatable bonds is 4. The van der Waals surface area contributed by atoms with Crippen LogP contribution in [0.1, 0.15) is 6.92 Å². The van der Waals surface area contributed by atoms with E-state index in [1.54, 1.807) is 6.92 Å². The second-order valence-corrected chi connectivity index (χ2v) is 1.48. The lowest BCUT2D eigenvalue weighted by molar-refractivity contribution is -0.245. The van der Waals surface area contributed by atoms with Crippen molar-refractivity contribution in [1.82, 2.24) is 5.32 Å². The fourth-order valence-corrected chi connectivity index (χ4v) is 0.276. The van der Waals surface area contributed by atoms with Crippen LogP contribution in [0.3, 0.4) is 0 Å². The van der Waals surface area contributed by atoms with E-state index in [1.165, 1.54) is 0 Å². The molecule has 0 heterocycles. The summed E-state index contributed by atoms with van der Waals surface area (Å²) in [4.78, 5) is 13.4. The Morgan fingerprint density at radius 2 is 2.62 bits per heavy atom. The Kier molecular flexibility index (Phi) is 4.20. The Morgan fingerprint density at radius 3 is 3.00 bits per heavy atom. The Morgan fingerprint density at radius 1 is 2.00 bits per heavy atom. The fourth-order valence-electron chi connectivity index (χ4n) is 0.276. The van der Waals surface area contributed by atoms with E-state index in [0.717, 1.165) is 0 Å². The van der Waals surface area contributed by atoms with Crippen LogP contribution in [0.25, 0.3) is 0 Å². The summed E-state index contributed by atoms with van der Waals surface area (Å²) in [6, 6.07) is -0.127. The van der Waals surface area contributed by atoms with E-state index >= 15 is 0 Å². The lowest BCUT2D eigenvalue weighted by Gasteiger charge is -2.04. The van der Waals surface area contributed by atoms with E-state index in [2.05, 4.69) is 10.2 Å². The van der Waals surface area contributed by atoms with Crippen LogP contribution in [0.5, 0.6) is 0 Å². The van der Waals surface area contributed by atoms with Gasteiger partial charge >= 0.3 is 0 Å². The molecule has 0 radical (unpaired) electrons. The van der Waals surface area contributed by atoms with Crippen molar-refractivity contribution in [2.75, 3.05) is 6.61 Å². The molecule has 0 saturated heterocycles. The molecule has 0 saturated carbocycles. The van der Waals surface area contributed by atoms with Crippen LogP contribution in [0, 0.1) is 0 Å². The lowest BCUT2D eigenvalue weighted by atomic mass is 10.4. The highest BCUT2D eigenvalue weighted by Gasteiger charge is 1.95. The molecule has 0 aliphatic heterocycles. The fraction of sp³-hybridized carbons (Fsp3) is 0.750. The van der Waals surface area contributed by atoms with Gasteiger partial charge in [-0.3, -0.25) is 10.1 Å². The molecule has 0 aromatic rings. The average molecular weight is 119 g/mol. The van der Waals surface area contributed by atoms with E-state index in [-0.39, 0.29) is 12.6 Å². The summed E-state index contributed by atoms with van der Waals surface area (Å²) >= 11 is 0. The summed E-state index contributed by atoms with van der Waals surface area (Å²) in [5.41, 5.74) is 0. The minimum absolute atomic E-state index is 0.124. The maximum Gasteiger partial charge on any atom is 0.207 e. The van der Waals surface area contributed by atoms with Gasteiger partial charge in [-0.2, -0.15) is 0 Å². The number of amides is 1. The summed E-state index contributed by atoms with van der Waals surface area (Å²) in [7, 11) is 0. The van der Waals surface area contributed by atoms with Gasteiger partial charge in [-0.1, -0.05) is 0 Å². The largest absolute Gasteiger partial charge is 0.354 e. The molecule has 1 atom stereocenters. The molecule has 4 nitrogen and oxygen atoms in total. The third-order valence-corrected chi connectivity index (χ3v) is 0.677. The number of hydrogen-bond acceptors (Lipinski definition) is 3. The molecule has 0 fully saturated rings. The molecule has 0 rings (SSSR count). The lowest BCUT2D eigenvalue weighted by Crippen LogP contribution is -2.28. The van der Waals surface area contributed by atoms with Crippen LogP contribution in [0.2, 0.25) is 0 Å². The maximum atomic E-state index is 9.64. The van der Waals surface area contributed by atoms with Gasteiger partial charge in [0.15, 0.2) is 0 Å². The molecule has 0 aromatic heterocycles. The highest BCUT2D eigenvalue weighted by Crippen LogP contribution is 1.76. The highest BCUT2D eigenvalue weighted by atomic mass is 17.1. The van der Waals surface area contributed by atoms with Crippen molar-refractivity contribution in [3.8, 4) is 0 Å². The standard InChI is InChI=1S/C4H9NO3/c1-4(2-8-7)5-3-6/h3-4,7H,2H2,1H3,(H,5,6). The summed E-state index contributed by atoms with van der Waals surface area (Å²) in [5, 5.41) is 10.2. The quantitative estimate of drug-likeness (QED) is 0.301. The van der Waals surface area contributed by atoms with Crippen molar-refractivity contribution in [2.24, 2.45) is 0 Å². The topological polar surface area (TPSA) is 58.6 Å². The number of nitrogens with one attached hydrogen (secondary N) is 1. The molecule has 0 spiro atoms. The Labute approximate surface area is 47.4 Å². The first-order valence-corrected chi connectivity index (χ1v) is 2.27. The van der Waals surface area contributed by atoms with Gasteiger partial charge in [-0.05, 0) is 6.92 Å². The first-order valence-electron chi connectivity index (χ1n) is 2.27. The van der Waals surface area contributed by atoms with E-state index in [9.17, 15) is 4.79 Å². The Bertz CT molecular complexity index is 66.3. The molecular weight excluding hydrogens is 110 g/mol. The minimum Gasteiger partial charge on any atom is -0.354 e. The third-order valence-electron chi connectivity index (χ3n) is 0.677. The van der Waals surface area contributed by atoms with Gasteiger partial charge in [-0.25, -0.2) is 4.89 Å². The van der Waals surface area contributed by atoms with Gasteiger partial charge in [-0.15, -0.1) is 0 Å². The van der Waals surface area contributed by atoms with Crippen LogP contribution in [-0.4, -0.2) is 24.3 Å². The van der Waals surface area contributed by atoms with Gasteiger partial charge in [0.1, 0.15) is 6.61 Å². The number of carbonyl (C=O) groups is 1. The van der Waals surface area contributed by atoms with Gasteiger partial charge in [0.25, 0.3) is 0 Å². The van der Waals surface area contributed by atoms with E-state index in [4.69, 9.17) is 5.26 Å². The predicted octanol–water partition coefficient (Wildman–Crippen LogP) is -0.389. The smallest absolute Gasteiger partial charge is 0.207 e. The van der Waals surface area contributed by atoms with Crippen LogP contribution in [-0.2, 0) is 9.68 Å². The Balaban J connectivity index is 3.03. The molecule has 4 heteroatoms. The van der Waals surface area contributed by atoms with Crippen molar-refractivity contribution in [3.05, 3.63) is 0 Å². The first kappa shape index (κ1) is 7.39. The molecule has 48 valence electrons. The molecule has 1 amide bonds. The zero-order valence-electron chi connectivity index (χ0n) is 4.63. The van der Waals surface area contributed by atoms with Gasteiger partial charge in [0.2, 0.25) is 6.41 Å². The predicted molar refractivity (Wildman–Crippen MR) is 27.2 cm³/mol. The minimum atomic E-state index is -0.127. The molecule has 0 aliphatic carbocycles. The highest BCUT2D eigenvalue weighted by molar-refractivity contribution is 5.46. The van der Waals surface area contributed by atoms with Gasteiger partial charge in [0.05, 0.1) is 6.04 Å². The second kappa shape index (κ2) is 4.55. The van der Waals surface area contributed by atoms with Crippen molar-refractivity contribution in [1.29, 1.82) is 0 Å². The van der Waals surface area contributed by atoms with Crippen molar-refractivity contribution in [3.63, 3.8) is 0 Å². The first-order chi connectivity index (χ1) is 3.81. The summed E-state index contributed by atoms with van der Waals surface area (Å²) in [6.07, 6.45) is 0.559. The van der Waals surface area contributed by atoms with Crippen LogP contribution >= 0.6 is 0 Å². The molecule has 0 aromatic carbocycles. The zero-order valence-corrected chi connectivity index (χ0v) is 4.63.